The van der Waals surface area contributed by atoms with E-state index in [1.807, 2.05) is 30.5 Å². The quantitative estimate of drug-likeness (QED) is 0.755. The van der Waals surface area contributed by atoms with E-state index in [9.17, 15) is 0 Å². The summed E-state index contributed by atoms with van der Waals surface area (Å²) in [4.78, 5) is 11.7. The number of hydrogen-bond donors (Lipinski definition) is 2. The smallest absolute Gasteiger partial charge is 0.142 e. The average Bonchev–Trinajstić information content (AvgIpc) is 3.12. The van der Waals surface area contributed by atoms with E-state index in [2.05, 4.69) is 32.4 Å². The number of fused-ring (bicyclic) bond motifs is 1. The van der Waals surface area contributed by atoms with Crippen LogP contribution in [0.25, 0.3) is 11.0 Å². The number of nitrogens with zero attached hydrogens (tertiary/aromatic N) is 2. The maximum absolute atomic E-state index is 6.15. The van der Waals surface area contributed by atoms with Gasteiger partial charge in [-0.25, -0.2) is 9.97 Å². The molecule has 0 unspecified atom stereocenters. The van der Waals surface area contributed by atoms with E-state index in [1.165, 1.54) is 5.56 Å². The van der Waals surface area contributed by atoms with Gasteiger partial charge in [0.25, 0.3) is 0 Å². The van der Waals surface area contributed by atoms with Gasteiger partial charge >= 0.3 is 0 Å². The van der Waals surface area contributed by atoms with Gasteiger partial charge in [-0.2, -0.15) is 0 Å². The van der Waals surface area contributed by atoms with Crippen LogP contribution in [-0.4, -0.2) is 40.3 Å². The highest BCUT2D eigenvalue weighted by Gasteiger charge is 2.27. The Hall–Kier alpha value is -2.44. The molecule has 0 saturated carbocycles. The van der Waals surface area contributed by atoms with Crippen LogP contribution in [0.1, 0.15) is 12.0 Å². The predicted molar refractivity (Wildman–Crippen MR) is 91.8 cm³/mol. The maximum atomic E-state index is 6.15. The number of hydrogen-bond acceptors (Lipinski definition) is 5. The van der Waals surface area contributed by atoms with Gasteiger partial charge in [0.1, 0.15) is 17.8 Å². The van der Waals surface area contributed by atoms with Crippen LogP contribution < -0.4 is 5.32 Å². The fourth-order valence-corrected chi connectivity index (χ4v) is 2.99. The van der Waals surface area contributed by atoms with E-state index < -0.39 is 0 Å². The van der Waals surface area contributed by atoms with Crippen molar-refractivity contribution >= 4 is 16.9 Å². The molecule has 124 valence electrons. The normalized spacial score (nSPS) is 21.0. The van der Waals surface area contributed by atoms with E-state index in [-0.39, 0.29) is 12.1 Å². The number of H-pyrrole nitrogens is 1. The Morgan fingerprint density at radius 3 is 3.04 bits per heavy atom. The van der Waals surface area contributed by atoms with Crippen molar-refractivity contribution in [2.24, 2.45) is 0 Å². The highest BCUT2D eigenvalue weighted by atomic mass is 16.5. The predicted octanol–water partition coefficient (Wildman–Crippen LogP) is 2.74. The van der Waals surface area contributed by atoms with Crippen LogP contribution in [0.2, 0.25) is 0 Å². The van der Waals surface area contributed by atoms with Gasteiger partial charge in [0.2, 0.25) is 0 Å². The molecule has 0 bridgehead atoms. The van der Waals surface area contributed by atoms with Gasteiger partial charge in [-0.15, -0.1) is 0 Å². The SMILES string of the molecule is c1ccc(CO[C@H]2CCOC[C@H]2Nc2ncnc3[nH]ccc23)cc1. The third-order valence-corrected chi connectivity index (χ3v) is 4.28. The van der Waals surface area contributed by atoms with Crippen molar-refractivity contribution in [1.29, 1.82) is 0 Å². The molecule has 1 aromatic carbocycles. The standard InChI is InChI=1S/C18H20N4O2/c1-2-4-13(5-3-1)10-24-16-7-9-23-11-15(16)22-18-14-6-8-19-17(14)20-12-21-18/h1-6,8,12,15-16H,7,9-11H2,(H2,19,20,21,22)/t15-,16+/m1/s1. The first-order valence-corrected chi connectivity index (χ1v) is 8.18. The molecule has 3 aromatic rings. The monoisotopic (exact) mass is 324 g/mol. The lowest BCUT2D eigenvalue weighted by atomic mass is 10.1. The molecule has 0 amide bonds. The first-order valence-electron chi connectivity index (χ1n) is 8.18. The highest BCUT2D eigenvalue weighted by molar-refractivity contribution is 5.86. The highest BCUT2D eigenvalue weighted by Crippen LogP contribution is 2.22. The van der Waals surface area contributed by atoms with Crippen LogP contribution >= 0.6 is 0 Å². The molecule has 3 heterocycles. The summed E-state index contributed by atoms with van der Waals surface area (Å²) < 4.78 is 11.8. The van der Waals surface area contributed by atoms with Gasteiger partial charge in [-0.1, -0.05) is 30.3 Å². The van der Waals surface area contributed by atoms with Crippen LogP contribution in [0.3, 0.4) is 0 Å². The van der Waals surface area contributed by atoms with Crippen molar-refractivity contribution in [2.75, 3.05) is 18.5 Å². The molecule has 1 aliphatic rings. The van der Waals surface area contributed by atoms with Gasteiger partial charge in [0, 0.05) is 12.8 Å². The van der Waals surface area contributed by atoms with Gasteiger partial charge in [0.15, 0.2) is 0 Å². The number of ether oxygens (including phenoxy) is 2. The summed E-state index contributed by atoms with van der Waals surface area (Å²) in [6.45, 7) is 1.93. The number of aromatic nitrogens is 3. The molecule has 6 nitrogen and oxygen atoms in total. The van der Waals surface area contributed by atoms with Crippen molar-refractivity contribution < 1.29 is 9.47 Å². The van der Waals surface area contributed by atoms with Crippen molar-refractivity contribution in [3.05, 3.63) is 54.5 Å². The molecular weight excluding hydrogens is 304 g/mol. The minimum Gasteiger partial charge on any atom is -0.379 e. The molecule has 1 aliphatic heterocycles. The zero-order valence-electron chi connectivity index (χ0n) is 13.3. The van der Waals surface area contributed by atoms with Gasteiger partial charge in [-0.05, 0) is 18.1 Å². The van der Waals surface area contributed by atoms with Gasteiger partial charge in [-0.3, -0.25) is 0 Å². The molecule has 0 spiro atoms. The Balaban J connectivity index is 1.47. The van der Waals surface area contributed by atoms with Crippen LogP contribution in [0.15, 0.2) is 48.9 Å². The van der Waals surface area contributed by atoms with Crippen LogP contribution in [-0.2, 0) is 16.1 Å². The Kier molecular flexibility index (Phi) is 4.40. The molecule has 1 saturated heterocycles. The van der Waals surface area contributed by atoms with Gasteiger partial charge < -0.3 is 19.8 Å². The minimum absolute atomic E-state index is 0.0652. The largest absolute Gasteiger partial charge is 0.379 e. The lowest BCUT2D eigenvalue weighted by Gasteiger charge is -2.32. The molecule has 2 atom stereocenters. The number of anilines is 1. The van der Waals surface area contributed by atoms with Crippen LogP contribution in [0.4, 0.5) is 5.82 Å². The fraction of sp³-hybridized carbons (Fsp3) is 0.333. The number of benzene rings is 1. The Morgan fingerprint density at radius 1 is 1.21 bits per heavy atom. The average molecular weight is 324 g/mol. The molecule has 2 aromatic heterocycles. The second-order valence-electron chi connectivity index (χ2n) is 5.91. The van der Waals surface area contributed by atoms with E-state index >= 15 is 0 Å². The van der Waals surface area contributed by atoms with Crippen molar-refractivity contribution in [1.82, 2.24) is 15.0 Å². The Bertz CT molecular complexity index is 790. The Labute approximate surface area is 140 Å². The Morgan fingerprint density at radius 2 is 2.12 bits per heavy atom. The van der Waals surface area contributed by atoms with Crippen LogP contribution in [0.5, 0.6) is 0 Å². The molecular formula is C18H20N4O2. The lowest BCUT2D eigenvalue weighted by Crippen LogP contribution is -2.44. The van der Waals surface area contributed by atoms with E-state index in [0.29, 0.717) is 13.2 Å². The third-order valence-electron chi connectivity index (χ3n) is 4.28. The zero-order chi connectivity index (χ0) is 16.2. The molecule has 1 fully saturated rings. The number of nitrogens with one attached hydrogen (secondary N) is 2. The second kappa shape index (κ2) is 6.98. The molecule has 6 heteroatoms. The first-order chi connectivity index (χ1) is 11.9. The minimum atomic E-state index is 0.0652. The van der Waals surface area contributed by atoms with Crippen molar-refractivity contribution in [2.45, 2.75) is 25.2 Å². The van der Waals surface area contributed by atoms with Crippen molar-refractivity contribution in [3.63, 3.8) is 0 Å². The zero-order valence-corrected chi connectivity index (χ0v) is 13.3. The number of aromatic amines is 1. The summed E-state index contributed by atoms with van der Waals surface area (Å²) in [5, 5.41) is 4.45. The summed E-state index contributed by atoms with van der Waals surface area (Å²) >= 11 is 0. The van der Waals surface area contributed by atoms with E-state index in [0.717, 1.165) is 29.9 Å². The molecule has 4 rings (SSSR count). The molecule has 0 aliphatic carbocycles. The van der Waals surface area contributed by atoms with E-state index in [1.54, 1.807) is 6.33 Å². The van der Waals surface area contributed by atoms with E-state index in [4.69, 9.17) is 9.47 Å². The lowest BCUT2D eigenvalue weighted by molar-refractivity contribution is -0.0478. The summed E-state index contributed by atoms with van der Waals surface area (Å²) in [5.74, 6) is 0.810. The topological polar surface area (TPSA) is 72.1 Å². The first kappa shape index (κ1) is 15.1. The fourth-order valence-electron chi connectivity index (χ4n) is 2.99. The van der Waals surface area contributed by atoms with Crippen molar-refractivity contribution in [3.8, 4) is 0 Å². The van der Waals surface area contributed by atoms with Gasteiger partial charge in [0.05, 0.1) is 30.7 Å². The third kappa shape index (κ3) is 3.25. The molecule has 0 radical (unpaired) electrons. The maximum Gasteiger partial charge on any atom is 0.142 e. The summed E-state index contributed by atoms with van der Waals surface area (Å²) in [6.07, 6.45) is 4.38. The summed E-state index contributed by atoms with van der Waals surface area (Å²) in [5.41, 5.74) is 2.00. The second-order valence-corrected chi connectivity index (χ2v) is 5.91. The molecule has 2 N–H and O–H groups in total. The summed E-state index contributed by atoms with van der Waals surface area (Å²) in [6, 6.07) is 12.3. The molecule has 24 heavy (non-hydrogen) atoms. The summed E-state index contributed by atoms with van der Waals surface area (Å²) in [7, 11) is 0. The number of rotatable bonds is 5. The van der Waals surface area contributed by atoms with Crippen LogP contribution in [0, 0.1) is 0 Å².